The Morgan fingerprint density at radius 1 is 1.14 bits per heavy atom. The Morgan fingerprint density at radius 3 is 2.29 bits per heavy atom. The Balaban J connectivity index is 2.34. The minimum atomic E-state index is -5.75. The van der Waals surface area contributed by atoms with Crippen molar-refractivity contribution >= 4 is 10.1 Å². The van der Waals surface area contributed by atoms with Gasteiger partial charge in [-0.15, -0.1) is 0 Å². The van der Waals surface area contributed by atoms with Gasteiger partial charge in [-0.25, -0.2) is 9.97 Å². The zero-order valence-corrected chi connectivity index (χ0v) is 11.4. The Bertz CT molecular complexity index is 746. The van der Waals surface area contributed by atoms with Gasteiger partial charge in [-0.2, -0.15) is 21.6 Å². The van der Waals surface area contributed by atoms with E-state index in [9.17, 15) is 21.6 Å². The summed E-state index contributed by atoms with van der Waals surface area (Å²) in [5.74, 6) is -0.702. The summed E-state index contributed by atoms with van der Waals surface area (Å²) in [6.45, 7) is 1.31. The number of rotatable bonds is 3. The van der Waals surface area contributed by atoms with Gasteiger partial charge in [0.2, 0.25) is 0 Å². The molecule has 0 aliphatic heterocycles. The topological polar surface area (TPSA) is 69.2 Å². The first-order valence-corrected chi connectivity index (χ1v) is 7.01. The molecule has 0 N–H and O–H groups in total. The molecule has 0 unspecified atom stereocenters. The molecule has 0 saturated carbocycles. The summed E-state index contributed by atoms with van der Waals surface area (Å²) in [7, 11) is -5.75. The number of aryl methyl sites for hydroxylation is 1. The van der Waals surface area contributed by atoms with Crippen molar-refractivity contribution in [3.05, 3.63) is 42.2 Å². The predicted octanol–water partition coefficient (Wildman–Crippen LogP) is 2.68. The van der Waals surface area contributed by atoms with Gasteiger partial charge < -0.3 is 4.18 Å². The third-order valence-electron chi connectivity index (χ3n) is 2.44. The Morgan fingerprint density at radius 2 is 1.76 bits per heavy atom. The van der Waals surface area contributed by atoms with E-state index in [4.69, 9.17) is 0 Å². The van der Waals surface area contributed by atoms with Crippen molar-refractivity contribution in [2.75, 3.05) is 0 Å². The molecule has 0 saturated heterocycles. The van der Waals surface area contributed by atoms with Crippen LogP contribution in [-0.4, -0.2) is 23.9 Å². The van der Waals surface area contributed by atoms with Crippen LogP contribution in [0.25, 0.3) is 11.3 Å². The number of alkyl halides is 3. The molecular formula is C12H9F3N2O3S. The molecule has 0 spiro atoms. The molecule has 0 amide bonds. The van der Waals surface area contributed by atoms with E-state index in [1.54, 1.807) is 30.3 Å². The van der Waals surface area contributed by atoms with Crippen LogP contribution in [0.4, 0.5) is 13.2 Å². The highest BCUT2D eigenvalue weighted by Gasteiger charge is 2.49. The van der Waals surface area contributed by atoms with Crippen molar-refractivity contribution in [1.82, 2.24) is 9.97 Å². The van der Waals surface area contributed by atoms with E-state index in [2.05, 4.69) is 14.2 Å². The molecule has 0 aliphatic carbocycles. The summed E-state index contributed by atoms with van der Waals surface area (Å²) in [6.07, 6.45) is 1.14. The number of hydrogen-bond acceptors (Lipinski definition) is 5. The van der Waals surface area contributed by atoms with Crippen LogP contribution in [0.3, 0.4) is 0 Å². The van der Waals surface area contributed by atoms with E-state index in [0.717, 1.165) is 6.20 Å². The number of hydrogen-bond donors (Lipinski definition) is 0. The quantitative estimate of drug-likeness (QED) is 0.643. The van der Waals surface area contributed by atoms with Gasteiger partial charge >= 0.3 is 15.6 Å². The first kappa shape index (κ1) is 15.2. The van der Waals surface area contributed by atoms with E-state index in [-0.39, 0.29) is 5.69 Å². The molecule has 0 atom stereocenters. The average molecular weight is 318 g/mol. The monoisotopic (exact) mass is 318 g/mol. The van der Waals surface area contributed by atoms with Gasteiger partial charge in [-0.1, -0.05) is 30.3 Å². The second kappa shape index (κ2) is 5.32. The van der Waals surface area contributed by atoms with Gasteiger partial charge in [-0.3, -0.25) is 0 Å². The van der Waals surface area contributed by atoms with Crippen LogP contribution < -0.4 is 4.18 Å². The van der Waals surface area contributed by atoms with Crippen LogP contribution in [0.2, 0.25) is 0 Å². The van der Waals surface area contributed by atoms with Crippen molar-refractivity contribution in [3.63, 3.8) is 0 Å². The average Bonchev–Trinajstić information content (AvgIpc) is 2.40. The van der Waals surface area contributed by atoms with E-state index in [0.29, 0.717) is 11.3 Å². The predicted molar refractivity (Wildman–Crippen MR) is 67.8 cm³/mol. The number of nitrogens with zero attached hydrogens (tertiary/aromatic N) is 2. The molecule has 21 heavy (non-hydrogen) atoms. The fourth-order valence-corrected chi connectivity index (χ4v) is 1.92. The minimum Gasteiger partial charge on any atom is -0.353 e. The normalized spacial score (nSPS) is 12.2. The summed E-state index contributed by atoms with van der Waals surface area (Å²) in [5, 5.41) is 0. The van der Waals surface area contributed by atoms with Gasteiger partial charge in [-0.05, 0) is 6.92 Å². The lowest BCUT2D eigenvalue weighted by Crippen LogP contribution is -2.28. The van der Waals surface area contributed by atoms with Crippen molar-refractivity contribution in [3.8, 4) is 17.1 Å². The smallest absolute Gasteiger partial charge is 0.353 e. The van der Waals surface area contributed by atoms with Crippen LogP contribution >= 0.6 is 0 Å². The van der Waals surface area contributed by atoms with Crippen molar-refractivity contribution in [2.24, 2.45) is 0 Å². The van der Waals surface area contributed by atoms with Gasteiger partial charge in [0.25, 0.3) is 5.88 Å². The van der Waals surface area contributed by atoms with Gasteiger partial charge in [0.1, 0.15) is 5.69 Å². The summed E-state index contributed by atoms with van der Waals surface area (Å²) in [6, 6.07) is 8.76. The maximum absolute atomic E-state index is 12.2. The number of benzene rings is 1. The van der Waals surface area contributed by atoms with Crippen molar-refractivity contribution in [1.29, 1.82) is 0 Å². The van der Waals surface area contributed by atoms with Crippen LogP contribution in [-0.2, 0) is 10.1 Å². The zero-order chi connectivity index (χ0) is 15.7. The lowest BCUT2D eigenvalue weighted by Gasteiger charge is -2.10. The number of aromatic nitrogens is 2. The number of halogens is 3. The summed E-state index contributed by atoms with van der Waals surface area (Å²) >= 11 is 0. The second-order valence-electron chi connectivity index (χ2n) is 4.00. The van der Waals surface area contributed by atoms with Crippen LogP contribution in [0.1, 0.15) is 5.69 Å². The molecule has 1 aromatic carbocycles. The maximum atomic E-state index is 12.2. The van der Waals surface area contributed by atoms with Gasteiger partial charge in [0.15, 0.2) is 0 Å². The second-order valence-corrected chi connectivity index (χ2v) is 5.53. The molecule has 0 bridgehead atoms. The Labute approximate surface area is 118 Å². The Kier molecular flexibility index (Phi) is 3.86. The molecule has 0 radical (unpaired) electrons. The summed E-state index contributed by atoms with van der Waals surface area (Å²) in [4.78, 5) is 7.58. The molecular weight excluding hydrogens is 309 g/mol. The molecule has 1 aromatic heterocycles. The van der Waals surface area contributed by atoms with E-state index in [1.807, 2.05) is 0 Å². The molecule has 112 valence electrons. The highest BCUT2D eigenvalue weighted by Crippen LogP contribution is 2.28. The van der Waals surface area contributed by atoms with Crippen LogP contribution in [0, 0.1) is 6.92 Å². The van der Waals surface area contributed by atoms with Crippen molar-refractivity contribution in [2.45, 2.75) is 12.4 Å². The SMILES string of the molecule is Cc1nc(-c2ccccc2)cnc1OS(=O)(=O)C(F)(F)F. The molecule has 0 fully saturated rings. The van der Waals surface area contributed by atoms with Gasteiger partial charge in [0.05, 0.1) is 11.9 Å². The van der Waals surface area contributed by atoms with Crippen LogP contribution in [0.5, 0.6) is 5.88 Å². The summed E-state index contributed by atoms with van der Waals surface area (Å²) in [5.41, 5.74) is -4.49. The first-order chi connectivity index (χ1) is 9.71. The standard InChI is InChI=1S/C12H9F3N2O3S/c1-8-11(20-21(18,19)12(13,14)15)16-7-10(17-8)9-5-3-2-4-6-9/h2-7H,1H3. The van der Waals surface area contributed by atoms with E-state index in [1.165, 1.54) is 6.92 Å². The third kappa shape index (κ3) is 3.30. The lowest BCUT2D eigenvalue weighted by molar-refractivity contribution is -0.0501. The van der Waals surface area contributed by atoms with E-state index >= 15 is 0 Å². The highest BCUT2D eigenvalue weighted by molar-refractivity contribution is 7.87. The fourth-order valence-electron chi connectivity index (χ4n) is 1.45. The molecule has 9 heteroatoms. The highest BCUT2D eigenvalue weighted by atomic mass is 32.2. The Hall–Kier alpha value is -2.16. The molecule has 2 rings (SSSR count). The van der Waals surface area contributed by atoms with Crippen LogP contribution in [0.15, 0.2) is 36.5 Å². The molecule has 2 aromatic rings. The zero-order valence-electron chi connectivity index (χ0n) is 10.6. The fraction of sp³-hybridized carbons (Fsp3) is 0.167. The first-order valence-electron chi connectivity index (χ1n) is 5.60. The molecule has 0 aliphatic rings. The largest absolute Gasteiger partial charge is 0.534 e. The van der Waals surface area contributed by atoms with Crippen molar-refractivity contribution < 1.29 is 25.8 Å². The minimum absolute atomic E-state index is 0.0656. The molecule has 1 heterocycles. The maximum Gasteiger partial charge on any atom is 0.534 e. The van der Waals surface area contributed by atoms with E-state index < -0.39 is 21.5 Å². The summed E-state index contributed by atoms with van der Waals surface area (Å²) < 4.78 is 62.5. The lowest BCUT2D eigenvalue weighted by atomic mass is 10.2. The third-order valence-corrected chi connectivity index (χ3v) is 3.39. The molecule has 5 nitrogen and oxygen atoms in total. The van der Waals surface area contributed by atoms with Gasteiger partial charge in [0, 0.05) is 5.56 Å².